The van der Waals surface area contributed by atoms with Gasteiger partial charge in [0.2, 0.25) is 5.79 Å². The Hall–Kier alpha value is -4.26. The SMILES string of the molecule is CO[C@H]1C[C@@H]2CC[C@@H](C)[C@@](O)(O2)C(=O)C(=O)N2CCCC[C@H]2C(=O)O[C@H]([C@H](C)C[C@@H]2CC[C@H](n3ncnn3)[C@H](OC)C2)CC(=O)[C@H](C)/C=C(/C)[C@@H](O)[C@@H](OC)C(=O)[C@H](C)C[C@H](C)/C=C/C=C\C=C\1C. The number of hydrogen-bond acceptors (Lipinski definition) is 15. The molecule has 69 heavy (non-hydrogen) atoms. The molecule has 4 aliphatic rings. The number of carbonyl (C=O) groups is 5. The summed E-state index contributed by atoms with van der Waals surface area (Å²) in [4.78, 5) is 73.9. The van der Waals surface area contributed by atoms with Crippen molar-refractivity contribution in [3.63, 3.8) is 0 Å². The maximum Gasteiger partial charge on any atom is 0.329 e. The lowest BCUT2D eigenvalue weighted by atomic mass is 9.77. The molecule has 3 fully saturated rings. The molecule has 1 amide bonds. The highest BCUT2D eigenvalue weighted by atomic mass is 16.6. The number of tetrazole rings is 1. The lowest BCUT2D eigenvalue weighted by molar-refractivity contribution is -0.265. The van der Waals surface area contributed by atoms with Crippen LogP contribution >= 0.6 is 0 Å². The molecular weight excluding hydrogens is 887 g/mol. The van der Waals surface area contributed by atoms with E-state index in [1.807, 2.05) is 58.1 Å². The van der Waals surface area contributed by atoms with E-state index in [0.29, 0.717) is 56.9 Å². The number of nitrogens with zero attached hydrogens (tertiary/aromatic N) is 5. The van der Waals surface area contributed by atoms with Crippen molar-refractivity contribution in [1.82, 2.24) is 25.1 Å². The molecule has 0 radical (unpaired) electrons. The van der Waals surface area contributed by atoms with E-state index in [0.717, 1.165) is 18.4 Å². The molecule has 1 saturated carbocycles. The van der Waals surface area contributed by atoms with Gasteiger partial charge in [-0.25, -0.2) is 4.79 Å². The summed E-state index contributed by atoms with van der Waals surface area (Å²) >= 11 is 0. The van der Waals surface area contributed by atoms with Crippen molar-refractivity contribution in [2.24, 2.45) is 35.5 Å². The van der Waals surface area contributed by atoms with Crippen LogP contribution in [0.25, 0.3) is 0 Å². The number of methoxy groups -OCH3 is 3. The minimum atomic E-state index is -2.43. The molecule has 384 valence electrons. The number of esters is 1. The number of ketones is 3. The number of allylic oxidation sites excluding steroid dienone is 6. The van der Waals surface area contributed by atoms with Crippen molar-refractivity contribution in [2.45, 2.75) is 180 Å². The van der Waals surface area contributed by atoms with Crippen LogP contribution in [0.2, 0.25) is 0 Å². The molecule has 0 unspecified atom stereocenters. The first kappa shape index (κ1) is 55.7. The van der Waals surface area contributed by atoms with Crippen molar-refractivity contribution in [2.75, 3.05) is 27.9 Å². The lowest BCUT2D eigenvalue weighted by Crippen LogP contribution is -2.61. The number of aromatic nitrogens is 4. The number of Topliss-reactive ketones (excluding diaryl/α,β-unsaturated/α-hetero) is 3. The molecular formula is C52H79N5O12. The topological polar surface area (TPSA) is 219 Å². The van der Waals surface area contributed by atoms with Gasteiger partial charge in [-0.05, 0) is 112 Å². The first-order valence-electron chi connectivity index (χ1n) is 25.0. The number of amides is 1. The average molecular weight is 966 g/mol. The molecule has 2 N–H and O–H groups in total. The van der Waals surface area contributed by atoms with Crippen molar-refractivity contribution in [3.8, 4) is 0 Å². The van der Waals surface area contributed by atoms with Crippen molar-refractivity contribution in [1.29, 1.82) is 0 Å². The van der Waals surface area contributed by atoms with Crippen LogP contribution in [0.4, 0.5) is 0 Å². The van der Waals surface area contributed by atoms with E-state index in [9.17, 15) is 34.2 Å². The van der Waals surface area contributed by atoms with Gasteiger partial charge in [0.25, 0.3) is 11.7 Å². The highest BCUT2D eigenvalue weighted by molar-refractivity contribution is 6.39. The lowest BCUT2D eigenvalue weighted by Gasteiger charge is -2.42. The van der Waals surface area contributed by atoms with Gasteiger partial charge in [-0.2, -0.15) is 4.80 Å². The zero-order chi connectivity index (χ0) is 50.6. The monoisotopic (exact) mass is 966 g/mol. The smallest absolute Gasteiger partial charge is 0.329 e. The second-order valence-electron chi connectivity index (χ2n) is 20.3. The number of hydrogen-bond donors (Lipinski definition) is 2. The molecule has 17 nitrogen and oxygen atoms in total. The second kappa shape index (κ2) is 25.7. The number of piperidine rings is 1. The van der Waals surface area contributed by atoms with Crippen molar-refractivity contribution in [3.05, 3.63) is 53.9 Å². The van der Waals surface area contributed by atoms with Crippen LogP contribution in [0.15, 0.2) is 53.9 Å². The van der Waals surface area contributed by atoms with Gasteiger partial charge in [-0.1, -0.05) is 71.1 Å². The summed E-state index contributed by atoms with van der Waals surface area (Å²) in [6.07, 6.45) is 13.7. The predicted octanol–water partition coefficient (Wildman–Crippen LogP) is 6.05. The number of aliphatic hydroxyl groups excluding tert-OH is 1. The number of carbonyl (C=O) groups excluding carboxylic acids is 5. The molecule has 1 aromatic heterocycles. The third-order valence-electron chi connectivity index (χ3n) is 15.1. The third-order valence-corrected chi connectivity index (χ3v) is 15.1. The van der Waals surface area contributed by atoms with Crippen LogP contribution < -0.4 is 0 Å². The van der Waals surface area contributed by atoms with Crippen LogP contribution in [0.5, 0.6) is 0 Å². The third kappa shape index (κ3) is 14.2. The summed E-state index contributed by atoms with van der Waals surface area (Å²) in [6, 6.07) is -1.24. The van der Waals surface area contributed by atoms with E-state index in [4.69, 9.17) is 23.7 Å². The van der Waals surface area contributed by atoms with E-state index in [1.54, 1.807) is 45.9 Å². The first-order chi connectivity index (χ1) is 32.8. The Morgan fingerprint density at radius 3 is 2.32 bits per heavy atom. The normalized spacial score (nSPS) is 38.8. The van der Waals surface area contributed by atoms with Gasteiger partial charge in [-0.15, -0.1) is 10.2 Å². The van der Waals surface area contributed by atoms with Gasteiger partial charge in [0.05, 0.1) is 24.4 Å². The molecule has 3 aliphatic heterocycles. The van der Waals surface area contributed by atoms with Gasteiger partial charge in [0.1, 0.15) is 30.1 Å². The van der Waals surface area contributed by atoms with E-state index in [1.165, 1.54) is 18.3 Å². The van der Waals surface area contributed by atoms with Crippen molar-refractivity contribution >= 4 is 29.2 Å². The average Bonchev–Trinajstić information content (AvgIpc) is 3.88. The Morgan fingerprint density at radius 1 is 0.884 bits per heavy atom. The maximum absolute atomic E-state index is 14.5. The fourth-order valence-corrected chi connectivity index (χ4v) is 10.7. The molecule has 15 atom stereocenters. The van der Waals surface area contributed by atoms with Crippen LogP contribution in [0, 0.1) is 35.5 Å². The van der Waals surface area contributed by atoms with Gasteiger partial charge in [0.15, 0.2) is 12.1 Å². The molecule has 2 bridgehead atoms. The van der Waals surface area contributed by atoms with Crippen LogP contribution in [-0.4, -0.2) is 141 Å². The standard InChI is InChI=1S/C52H79N5O12/c1-31-16-12-11-13-17-32(2)43(65-8)28-39-21-19-37(7)52(64,69-39)49(61)50(62)56-23-15-14-18-41(56)51(63)68-44(34(4)26-38-20-22-40(45(27-38)66-9)57-54-30-53-55-57)29-42(58)33(3)25-36(6)47(60)48(67-10)46(59)35(5)24-31/h11-13,16-17,25,30-31,33-35,37-41,43-45,47-48,60,64H,14-15,18-24,26-29H2,1-10H3/b13-11-,16-12+,32-17+,36-25-/t31-,33-,34-,35-,37-,38+,39+,40+,41+,43+,44+,45-,47-,48+,52-/m1/s1. The molecule has 1 aromatic rings. The Balaban J connectivity index is 1.46. The Bertz CT molecular complexity index is 2020. The minimum absolute atomic E-state index is 0.0168. The quantitative estimate of drug-likeness (QED) is 0.181. The molecule has 2 saturated heterocycles. The fourth-order valence-electron chi connectivity index (χ4n) is 10.7. The summed E-state index contributed by atoms with van der Waals surface area (Å²) < 4.78 is 29.9. The van der Waals surface area contributed by atoms with E-state index < -0.39 is 77.8 Å². The maximum atomic E-state index is 14.5. The molecule has 0 spiro atoms. The molecule has 5 rings (SSSR count). The molecule has 0 aromatic carbocycles. The van der Waals surface area contributed by atoms with Crippen molar-refractivity contribution < 1.29 is 57.9 Å². The van der Waals surface area contributed by atoms with Gasteiger partial charge in [0, 0.05) is 58.5 Å². The number of ether oxygens (including phenoxy) is 5. The van der Waals surface area contributed by atoms with Gasteiger partial charge in [-0.3, -0.25) is 19.2 Å². The second-order valence-corrected chi connectivity index (χ2v) is 20.3. The Kier molecular flexibility index (Phi) is 20.8. The zero-order valence-corrected chi connectivity index (χ0v) is 42.5. The Labute approximate surface area is 408 Å². The number of rotatable bonds is 7. The summed E-state index contributed by atoms with van der Waals surface area (Å²) in [5.74, 6) is -7.94. The fraction of sp³-hybridized carbons (Fsp3) is 0.731. The molecule has 17 heteroatoms. The largest absolute Gasteiger partial charge is 0.460 e. The number of fused-ring (bicyclic) bond motifs is 3. The summed E-state index contributed by atoms with van der Waals surface area (Å²) in [7, 11) is 4.61. The summed E-state index contributed by atoms with van der Waals surface area (Å²) in [5.41, 5.74) is 1.27. The zero-order valence-electron chi connectivity index (χ0n) is 42.5. The molecule has 4 heterocycles. The summed E-state index contributed by atoms with van der Waals surface area (Å²) in [6.45, 7) is 12.8. The van der Waals surface area contributed by atoms with E-state index >= 15 is 0 Å². The Morgan fingerprint density at radius 2 is 1.64 bits per heavy atom. The van der Waals surface area contributed by atoms with E-state index in [2.05, 4.69) is 15.4 Å². The van der Waals surface area contributed by atoms with E-state index in [-0.39, 0.29) is 60.9 Å². The highest BCUT2D eigenvalue weighted by Gasteiger charge is 2.53. The highest BCUT2D eigenvalue weighted by Crippen LogP contribution is 2.39. The predicted molar refractivity (Wildman–Crippen MR) is 256 cm³/mol. The van der Waals surface area contributed by atoms with Gasteiger partial charge < -0.3 is 38.8 Å². The van der Waals surface area contributed by atoms with Crippen LogP contribution in [0.1, 0.15) is 132 Å². The van der Waals surface area contributed by atoms with Gasteiger partial charge >= 0.3 is 5.97 Å². The summed E-state index contributed by atoms with van der Waals surface area (Å²) in [5, 5.41) is 35.7. The van der Waals surface area contributed by atoms with Crippen LogP contribution in [-0.2, 0) is 47.7 Å². The minimum Gasteiger partial charge on any atom is -0.460 e. The number of cyclic esters (lactones) is 1. The van der Waals surface area contributed by atoms with Crippen LogP contribution in [0.3, 0.4) is 0 Å². The molecule has 1 aliphatic carbocycles. The number of aliphatic hydroxyl groups is 2. The first-order valence-corrected chi connectivity index (χ1v) is 25.0.